The number of carbonyl (C=O) groups excluding carboxylic acids is 1. The molecule has 3 aromatic rings. The normalized spacial score (nSPS) is 11.8. The Hall–Kier alpha value is -2.50. The lowest BCUT2D eigenvalue weighted by molar-refractivity contribution is -0.122. The van der Waals surface area contributed by atoms with Gasteiger partial charge in [0.1, 0.15) is 5.75 Å². The van der Waals surface area contributed by atoms with Crippen molar-refractivity contribution in [2.75, 3.05) is 5.32 Å². The third-order valence-corrected chi connectivity index (χ3v) is 4.26. The number of halogens is 2. The maximum Gasteiger partial charge on any atom is 0.265 e. The number of para-hydroxylation sites is 1. The predicted octanol–water partition coefficient (Wildman–Crippen LogP) is 4.64. The Morgan fingerprint density at radius 1 is 1.23 bits per heavy atom. The Kier molecular flexibility index (Phi) is 5.81. The van der Waals surface area contributed by atoms with Crippen LogP contribution in [0.5, 0.6) is 5.75 Å². The topological polar surface area (TPSA) is 56.1 Å². The number of rotatable bonds is 6. The molecule has 0 aliphatic rings. The Balaban J connectivity index is 1.69. The van der Waals surface area contributed by atoms with Crippen LogP contribution in [0, 0.1) is 0 Å². The van der Waals surface area contributed by atoms with E-state index in [1.807, 2.05) is 36.5 Å². The van der Waals surface area contributed by atoms with Gasteiger partial charge in [0.05, 0.1) is 11.6 Å². The minimum Gasteiger partial charge on any atom is -0.479 e. The van der Waals surface area contributed by atoms with E-state index >= 15 is 0 Å². The third-order valence-electron chi connectivity index (χ3n) is 3.73. The number of benzene rings is 2. The van der Waals surface area contributed by atoms with Crippen LogP contribution >= 0.6 is 23.2 Å². The highest BCUT2D eigenvalue weighted by Gasteiger charge is 2.17. The maximum absolute atomic E-state index is 12.5. The molecule has 1 aromatic heterocycles. The van der Waals surface area contributed by atoms with E-state index in [9.17, 15) is 4.79 Å². The van der Waals surface area contributed by atoms with Crippen LogP contribution in [0.25, 0.3) is 0 Å². The van der Waals surface area contributed by atoms with Crippen LogP contribution in [0.15, 0.2) is 60.9 Å². The third kappa shape index (κ3) is 4.56. The monoisotopic (exact) mass is 389 g/mol. The molecule has 0 radical (unpaired) electrons. The summed E-state index contributed by atoms with van der Waals surface area (Å²) in [6.45, 7) is 2.22. The summed E-state index contributed by atoms with van der Waals surface area (Å²) in [5.41, 5.74) is 1.66. The summed E-state index contributed by atoms with van der Waals surface area (Å²) >= 11 is 12.0. The van der Waals surface area contributed by atoms with Gasteiger partial charge in [-0.2, -0.15) is 5.10 Å². The van der Waals surface area contributed by atoms with E-state index in [0.717, 1.165) is 5.56 Å². The zero-order valence-electron chi connectivity index (χ0n) is 14.0. The van der Waals surface area contributed by atoms with Gasteiger partial charge in [-0.25, -0.2) is 0 Å². The van der Waals surface area contributed by atoms with Crippen molar-refractivity contribution in [3.8, 4) is 5.75 Å². The van der Waals surface area contributed by atoms with Crippen molar-refractivity contribution in [3.05, 3.63) is 76.5 Å². The number of aromatic nitrogens is 2. The average molecular weight is 390 g/mol. The standard InChI is InChI=1S/C19H17Cl2N3O2/c1-13(26-18-8-7-15(20)11-16(18)21)19(25)23-17-6-3-2-5-14(17)12-24-10-4-9-22-24/h2-11,13H,12H2,1H3,(H,23,25). The number of hydrogen-bond acceptors (Lipinski definition) is 3. The fourth-order valence-electron chi connectivity index (χ4n) is 2.40. The Bertz CT molecular complexity index is 898. The van der Waals surface area contributed by atoms with Crippen molar-refractivity contribution in [2.24, 2.45) is 0 Å². The van der Waals surface area contributed by atoms with Gasteiger partial charge in [-0.15, -0.1) is 0 Å². The number of carbonyl (C=O) groups is 1. The fraction of sp³-hybridized carbons (Fsp3) is 0.158. The van der Waals surface area contributed by atoms with E-state index in [4.69, 9.17) is 27.9 Å². The Labute approximate surface area is 161 Å². The number of anilines is 1. The number of amides is 1. The quantitative estimate of drug-likeness (QED) is 0.667. The minimum absolute atomic E-state index is 0.274. The molecule has 1 N–H and O–H groups in total. The molecule has 0 saturated carbocycles. The summed E-state index contributed by atoms with van der Waals surface area (Å²) in [4.78, 5) is 12.5. The van der Waals surface area contributed by atoms with Crippen LogP contribution < -0.4 is 10.1 Å². The Morgan fingerprint density at radius 2 is 2.04 bits per heavy atom. The smallest absolute Gasteiger partial charge is 0.265 e. The molecular weight excluding hydrogens is 373 g/mol. The van der Waals surface area contributed by atoms with Gasteiger partial charge in [-0.1, -0.05) is 41.4 Å². The highest BCUT2D eigenvalue weighted by molar-refractivity contribution is 6.35. The van der Waals surface area contributed by atoms with E-state index in [0.29, 0.717) is 28.0 Å². The number of hydrogen-bond donors (Lipinski definition) is 1. The molecule has 0 aliphatic carbocycles. The molecule has 0 bridgehead atoms. The number of nitrogens with one attached hydrogen (secondary N) is 1. The summed E-state index contributed by atoms with van der Waals surface area (Å²) in [5.74, 6) is 0.132. The molecule has 26 heavy (non-hydrogen) atoms. The largest absolute Gasteiger partial charge is 0.479 e. The van der Waals surface area contributed by atoms with Gasteiger partial charge >= 0.3 is 0 Å². The fourth-order valence-corrected chi connectivity index (χ4v) is 2.85. The van der Waals surface area contributed by atoms with Crippen molar-refractivity contribution in [2.45, 2.75) is 19.6 Å². The number of nitrogens with zero attached hydrogens (tertiary/aromatic N) is 2. The molecule has 1 unspecified atom stereocenters. The predicted molar refractivity (Wildman–Crippen MR) is 103 cm³/mol. The van der Waals surface area contributed by atoms with Crippen molar-refractivity contribution in [1.29, 1.82) is 0 Å². The van der Waals surface area contributed by atoms with Crippen molar-refractivity contribution in [1.82, 2.24) is 9.78 Å². The van der Waals surface area contributed by atoms with Gasteiger partial charge in [0.25, 0.3) is 5.91 Å². The molecule has 3 rings (SSSR count). The molecule has 1 amide bonds. The molecule has 0 spiro atoms. The first-order chi connectivity index (χ1) is 12.5. The van der Waals surface area contributed by atoms with E-state index < -0.39 is 6.10 Å². The zero-order chi connectivity index (χ0) is 18.5. The molecule has 0 aliphatic heterocycles. The zero-order valence-corrected chi connectivity index (χ0v) is 15.5. The SMILES string of the molecule is CC(Oc1ccc(Cl)cc1Cl)C(=O)Nc1ccccc1Cn1cccn1. The van der Waals surface area contributed by atoms with E-state index in [-0.39, 0.29) is 5.91 Å². The molecule has 0 saturated heterocycles. The lowest BCUT2D eigenvalue weighted by atomic mass is 10.1. The van der Waals surface area contributed by atoms with E-state index in [2.05, 4.69) is 10.4 Å². The Morgan fingerprint density at radius 3 is 2.77 bits per heavy atom. The van der Waals surface area contributed by atoms with E-state index in [1.165, 1.54) is 0 Å². The van der Waals surface area contributed by atoms with Gasteiger partial charge in [-0.3, -0.25) is 9.48 Å². The second-order valence-corrected chi connectivity index (χ2v) is 6.53. The van der Waals surface area contributed by atoms with E-state index in [1.54, 1.807) is 36.0 Å². The highest BCUT2D eigenvalue weighted by Crippen LogP contribution is 2.28. The second kappa shape index (κ2) is 8.25. The van der Waals surface area contributed by atoms with Crippen LogP contribution in [-0.4, -0.2) is 21.8 Å². The van der Waals surface area contributed by atoms with Gasteiger partial charge in [0, 0.05) is 23.1 Å². The molecule has 1 heterocycles. The summed E-state index contributed by atoms with van der Waals surface area (Å²) in [7, 11) is 0. The lowest BCUT2D eigenvalue weighted by Crippen LogP contribution is -2.30. The van der Waals surface area contributed by atoms with Crippen LogP contribution in [0.2, 0.25) is 10.0 Å². The molecule has 0 fully saturated rings. The van der Waals surface area contributed by atoms with Crippen LogP contribution in [0.4, 0.5) is 5.69 Å². The molecule has 7 heteroatoms. The van der Waals surface area contributed by atoms with Crippen molar-refractivity contribution in [3.63, 3.8) is 0 Å². The average Bonchev–Trinajstić information content (AvgIpc) is 3.12. The van der Waals surface area contributed by atoms with Gasteiger partial charge in [0.2, 0.25) is 0 Å². The maximum atomic E-state index is 12.5. The summed E-state index contributed by atoms with van der Waals surface area (Å²) in [6, 6.07) is 14.3. The second-order valence-electron chi connectivity index (χ2n) is 5.68. The molecule has 2 aromatic carbocycles. The summed E-state index contributed by atoms with van der Waals surface area (Å²) in [6.07, 6.45) is 2.85. The first kappa shape index (κ1) is 18.3. The minimum atomic E-state index is -0.730. The molecule has 5 nitrogen and oxygen atoms in total. The first-order valence-electron chi connectivity index (χ1n) is 8.01. The van der Waals surface area contributed by atoms with Gasteiger partial charge in [-0.05, 0) is 42.8 Å². The highest BCUT2D eigenvalue weighted by atomic mass is 35.5. The van der Waals surface area contributed by atoms with Gasteiger partial charge < -0.3 is 10.1 Å². The van der Waals surface area contributed by atoms with Crippen LogP contribution in [0.3, 0.4) is 0 Å². The first-order valence-corrected chi connectivity index (χ1v) is 8.76. The van der Waals surface area contributed by atoms with Crippen LogP contribution in [0.1, 0.15) is 12.5 Å². The van der Waals surface area contributed by atoms with Crippen LogP contribution in [-0.2, 0) is 11.3 Å². The summed E-state index contributed by atoms with van der Waals surface area (Å²) < 4.78 is 7.45. The summed E-state index contributed by atoms with van der Waals surface area (Å²) in [5, 5.41) is 7.96. The molecule has 134 valence electrons. The van der Waals surface area contributed by atoms with Crippen molar-refractivity contribution < 1.29 is 9.53 Å². The number of ether oxygens (including phenoxy) is 1. The van der Waals surface area contributed by atoms with Gasteiger partial charge in [0.15, 0.2) is 6.10 Å². The molecular formula is C19H17Cl2N3O2. The van der Waals surface area contributed by atoms with Crippen molar-refractivity contribution >= 4 is 34.8 Å². The molecule has 1 atom stereocenters. The lowest BCUT2D eigenvalue weighted by Gasteiger charge is -2.17.